The second-order valence-corrected chi connectivity index (χ2v) is 6.79. The van der Waals surface area contributed by atoms with Crippen molar-refractivity contribution in [2.24, 2.45) is 0 Å². The summed E-state index contributed by atoms with van der Waals surface area (Å²) in [4.78, 5) is 28.8. The average molecular weight is 385 g/mol. The number of nitriles is 1. The summed E-state index contributed by atoms with van der Waals surface area (Å²) < 4.78 is 18.2. The van der Waals surface area contributed by atoms with E-state index in [1.165, 1.54) is 30.0 Å². The van der Waals surface area contributed by atoms with Crippen LogP contribution in [0.4, 0.5) is 10.1 Å². The lowest BCUT2D eigenvalue weighted by Crippen LogP contribution is -2.21. The molecule has 0 spiro atoms. The van der Waals surface area contributed by atoms with E-state index >= 15 is 0 Å². The third-order valence-corrected chi connectivity index (χ3v) is 4.65. The minimum atomic E-state index is -0.763. The number of nitrogens with zero attached hydrogens (tertiary/aromatic N) is 2. The zero-order valence-electron chi connectivity index (χ0n) is 14.5. The lowest BCUT2D eigenvalue weighted by Gasteiger charge is -2.11. The number of anilines is 1. The van der Waals surface area contributed by atoms with Gasteiger partial charge in [0.25, 0.3) is 5.91 Å². The smallest absolute Gasteiger partial charge is 0.340 e. The Bertz CT molecular complexity index is 938. The van der Waals surface area contributed by atoms with Crippen LogP contribution in [-0.4, -0.2) is 29.7 Å². The number of halogens is 1. The zero-order chi connectivity index (χ0) is 19.4. The van der Waals surface area contributed by atoms with Gasteiger partial charge in [-0.25, -0.2) is 14.2 Å². The van der Waals surface area contributed by atoms with Crippen molar-refractivity contribution < 1.29 is 18.7 Å². The first-order chi connectivity index (χ1) is 13.0. The Kier molecular flexibility index (Phi) is 5.72. The predicted octanol–water partition coefficient (Wildman–Crippen LogP) is 3.49. The molecular formula is C19H16FN3O3S. The van der Waals surface area contributed by atoms with Gasteiger partial charge in [-0.15, -0.1) is 11.8 Å². The minimum absolute atomic E-state index is 0.109. The summed E-state index contributed by atoms with van der Waals surface area (Å²) in [5.74, 6) is -1.56. The molecule has 0 atom stereocenters. The van der Waals surface area contributed by atoms with Crippen LogP contribution in [0.1, 0.15) is 40.4 Å². The van der Waals surface area contributed by atoms with E-state index in [0.29, 0.717) is 10.9 Å². The molecule has 2 aromatic rings. The summed E-state index contributed by atoms with van der Waals surface area (Å²) in [6.07, 6.45) is 3.77. The Hall–Kier alpha value is -2.92. The van der Waals surface area contributed by atoms with Gasteiger partial charge in [0.2, 0.25) is 0 Å². The van der Waals surface area contributed by atoms with Crippen LogP contribution in [0.3, 0.4) is 0 Å². The fourth-order valence-electron chi connectivity index (χ4n) is 2.52. The van der Waals surface area contributed by atoms with Crippen LogP contribution in [0, 0.1) is 17.1 Å². The molecule has 1 amide bonds. The first-order valence-electron chi connectivity index (χ1n) is 8.23. The van der Waals surface area contributed by atoms with Crippen molar-refractivity contribution >= 4 is 29.3 Å². The van der Waals surface area contributed by atoms with Crippen molar-refractivity contribution in [3.63, 3.8) is 0 Å². The molecule has 1 saturated carbocycles. The maximum absolute atomic E-state index is 13.1. The van der Waals surface area contributed by atoms with Gasteiger partial charge in [-0.2, -0.15) is 5.26 Å². The van der Waals surface area contributed by atoms with Crippen LogP contribution in [0.5, 0.6) is 0 Å². The lowest BCUT2D eigenvalue weighted by molar-refractivity contribution is -0.119. The number of nitrogens with one attached hydrogen (secondary N) is 1. The van der Waals surface area contributed by atoms with Crippen molar-refractivity contribution in [1.82, 2.24) is 4.98 Å². The van der Waals surface area contributed by atoms with E-state index in [-0.39, 0.29) is 16.8 Å². The first kappa shape index (κ1) is 18.9. The molecule has 0 saturated heterocycles. The number of carbonyl (C=O) groups excluding carboxylic acids is 2. The molecule has 1 aromatic heterocycles. The Morgan fingerprint density at radius 1 is 1.41 bits per heavy atom. The molecule has 3 rings (SSSR count). The van der Waals surface area contributed by atoms with Gasteiger partial charge >= 0.3 is 5.97 Å². The van der Waals surface area contributed by atoms with Crippen molar-refractivity contribution in [2.75, 3.05) is 18.2 Å². The number of ether oxygens (including phenoxy) is 1. The van der Waals surface area contributed by atoms with Crippen LogP contribution in [0.15, 0.2) is 35.4 Å². The molecule has 1 heterocycles. The number of esters is 1. The molecule has 0 unspecified atom stereocenters. The van der Waals surface area contributed by atoms with Gasteiger partial charge in [0, 0.05) is 17.3 Å². The van der Waals surface area contributed by atoms with Crippen LogP contribution in [0.2, 0.25) is 0 Å². The lowest BCUT2D eigenvalue weighted by atomic mass is 10.1. The molecule has 0 aliphatic heterocycles. The summed E-state index contributed by atoms with van der Waals surface area (Å²) in [5.41, 5.74) is 1.27. The Morgan fingerprint density at radius 2 is 2.19 bits per heavy atom. The van der Waals surface area contributed by atoms with Gasteiger partial charge < -0.3 is 10.1 Å². The molecule has 1 N–H and O–H groups in total. The predicted molar refractivity (Wildman–Crippen MR) is 98.0 cm³/mol. The second kappa shape index (κ2) is 8.18. The maximum atomic E-state index is 13.1. The number of hydrogen-bond acceptors (Lipinski definition) is 6. The number of hydrogen-bond donors (Lipinski definition) is 1. The number of amides is 1. The van der Waals surface area contributed by atoms with Crippen molar-refractivity contribution in [1.29, 1.82) is 5.26 Å². The minimum Gasteiger partial charge on any atom is -0.452 e. The topological polar surface area (TPSA) is 92.1 Å². The summed E-state index contributed by atoms with van der Waals surface area (Å²) in [5, 5.41) is 12.3. The summed E-state index contributed by atoms with van der Waals surface area (Å²) >= 11 is 1.28. The van der Waals surface area contributed by atoms with Crippen LogP contribution >= 0.6 is 11.8 Å². The zero-order valence-corrected chi connectivity index (χ0v) is 15.3. The Morgan fingerprint density at radius 3 is 2.81 bits per heavy atom. The number of thioether (sulfide) groups is 1. The third-order valence-electron chi connectivity index (χ3n) is 3.97. The summed E-state index contributed by atoms with van der Waals surface area (Å²) in [6, 6.07) is 8.95. The van der Waals surface area contributed by atoms with Gasteiger partial charge in [0.1, 0.15) is 16.9 Å². The van der Waals surface area contributed by atoms with Gasteiger partial charge in [-0.05, 0) is 43.4 Å². The fourth-order valence-corrected chi connectivity index (χ4v) is 3.07. The van der Waals surface area contributed by atoms with Crippen LogP contribution < -0.4 is 5.32 Å². The molecule has 138 valence electrons. The molecule has 27 heavy (non-hydrogen) atoms. The molecule has 6 nitrogen and oxygen atoms in total. The monoisotopic (exact) mass is 385 g/mol. The fraction of sp³-hybridized carbons (Fsp3) is 0.263. The number of benzene rings is 1. The normalized spacial score (nSPS) is 12.9. The maximum Gasteiger partial charge on any atom is 0.340 e. The number of aromatic nitrogens is 1. The highest BCUT2D eigenvalue weighted by atomic mass is 32.2. The second-order valence-electron chi connectivity index (χ2n) is 6.00. The first-order valence-corrected chi connectivity index (χ1v) is 9.46. The highest BCUT2D eigenvalue weighted by Crippen LogP contribution is 2.40. The molecule has 0 bridgehead atoms. The van der Waals surface area contributed by atoms with Gasteiger partial charge in [0.15, 0.2) is 6.61 Å². The summed E-state index contributed by atoms with van der Waals surface area (Å²) in [6.45, 7) is -0.546. The molecule has 1 aliphatic carbocycles. The van der Waals surface area contributed by atoms with Crippen molar-refractivity contribution in [3.8, 4) is 6.07 Å². The molecule has 1 fully saturated rings. The van der Waals surface area contributed by atoms with E-state index in [4.69, 9.17) is 4.74 Å². The third kappa shape index (κ3) is 4.63. The molecule has 1 aromatic carbocycles. The van der Waals surface area contributed by atoms with Crippen molar-refractivity contribution in [2.45, 2.75) is 23.8 Å². The van der Waals surface area contributed by atoms with E-state index in [1.807, 2.05) is 6.07 Å². The number of pyridine rings is 1. The van der Waals surface area contributed by atoms with Crippen LogP contribution in [-0.2, 0) is 9.53 Å². The van der Waals surface area contributed by atoms with Gasteiger partial charge in [-0.3, -0.25) is 4.79 Å². The number of carbonyl (C=O) groups is 2. The number of rotatable bonds is 6. The molecule has 0 radical (unpaired) electrons. The Balaban J connectivity index is 1.71. The van der Waals surface area contributed by atoms with E-state index in [0.717, 1.165) is 24.6 Å². The van der Waals surface area contributed by atoms with Crippen molar-refractivity contribution in [3.05, 3.63) is 53.0 Å². The van der Waals surface area contributed by atoms with E-state index in [2.05, 4.69) is 10.3 Å². The molecule has 1 aliphatic rings. The molecular weight excluding hydrogens is 369 g/mol. The quantitative estimate of drug-likeness (QED) is 0.604. The largest absolute Gasteiger partial charge is 0.452 e. The Labute approximate surface area is 159 Å². The SMILES string of the molecule is CSc1nc(C2CC2)cc(C(=O)OCC(=O)Nc2cccc(F)c2)c1C#N. The highest BCUT2D eigenvalue weighted by molar-refractivity contribution is 7.98. The van der Waals surface area contributed by atoms with E-state index < -0.39 is 24.3 Å². The van der Waals surface area contributed by atoms with E-state index in [9.17, 15) is 19.2 Å². The van der Waals surface area contributed by atoms with Crippen LogP contribution in [0.25, 0.3) is 0 Å². The summed E-state index contributed by atoms with van der Waals surface area (Å²) in [7, 11) is 0. The average Bonchev–Trinajstić information content (AvgIpc) is 3.50. The van der Waals surface area contributed by atoms with Gasteiger partial charge in [0.05, 0.1) is 11.1 Å². The van der Waals surface area contributed by atoms with E-state index in [1.54, 1.807) is 12.3 Å². The van der Waals surface area contributed by atoms with Gasteiger partial charge in [-0.1, -0.05) is 6.07 Å². The highest BCUT2D eigenvalue weighted by Gasteiger charge is 2.29. The standard InChI is InChI=1S/C19H16FN3O3S/c1-27-18-15(9-21)14(8-16(23-18)11-5-6-11)19(25)26-10-17(24)22-13-4-2-3-12(20)7-13/h2-4,7-8,11H,5-6,10H2,1H3,(H,22,24). The molecule has 8 heteroatoms.